The average molecular weight is 426 g/mol. The lowest BCUT2D eigenvalue weighted by Gasteiger charge is -2.12. The third kappa shape index (κ3) is 4.64. The number of nitrogens with zero attached hydrogens (tertiary/aromatic N) is 1. The molecule has 0 atom stereocenters. The van der Waals surface area contributed by atoms with Crippen LogP contribution in [0.15, 0.2) is 71.6 Å². The zero-order valence-corrected chi connectivity index (χ0v) is 17.0. The summed E-state index contributed by atoms with van der Waals surface area (Å²) in [5.74, 6) is -0.370. The highest BCUT2D eigenvalue weighted by Crippen LogP contribution is 2.24. The number of non-ortho nitro benzene ring substituents is 1. The van der Waals surface area contributed by atoms with Crippen molar-refractivity contribution in [2.24, 2.45) is 0 Å². The number of anilines is 1. The first-order chi connectivity index (χ1) is 14.2. The molecule has 0 bridgehead atoms. The smallest absolute Gasteiger partial charge is 0.339 e. The molecule has 0 spiro atoms. The Bertz CT molecular complexity index is 1200. The van der Waals surface area contributed by atoms with E-state index in [0.717, 1.165) is 22.9 Å². The van der Waals surface area contributed by atoms with E-state index < -0.39 is 15.0 Å². The molecule has 154 valence electrons. The van der Waals surface area contributed by atoms with Crippen molar-refractivity contribution in [3.05, 3.63) is 93.5 Å². The lowest BCUT2D eigenvalue weighted by molar-refractivity contribution is -0.385. The van der Waals surface area contributed by atoms with E-state index in [1.807, 2.05) is 32.0 Å². The molecule has 1 N–H and O–H groups in total. The Morgan fingerprint density at radius 2 is 1.57 bits per heavy atom. The maximum atomic E-state index is 12.5. The van der Waals surface area contributed by atoms with Gasteiger partial charge in [-0.05, 0) is 55.3 Å². The molecule has 3 aromatic rings. The average Bonchev–Trinajstić information content (AvgIpc) is 2.71. The molecule has 0 unspecified atom stereocenters. The number of amides is 1. The zero-order valence-electron chi connectivity index (χ0n) is 16.2. The summed E-state index contributed by atoms with van der Waals surface area (Å²) in [5.41, 5.74) is 2.52. The number of benzene rings is 3. The molecule has 30 heavy (non-hydrogen) atoms. The summed E-state index contributed by atoms with van der Waals surface area (Å²) in [6.45, 7) is 3.77. The summed E-state index contributed by atoms with van der Waals surface area (Å²) < 4.78 is 29.8. The first-order valence-corrected chi connectivity index (χ1v) is 10.2. The van der Waals surface area contributed by atoms with Crippen LogP contribution in [0.25, 0.3) is 0 Å². The van der Waals surface area contributed by atoms with E-state index in [4.69, 9.17) is 4.18 Å². The van der Waals surface area contributed by atoms with Crippen molar-refractivity contribution in [2.45, 2.75) is 18.7 Å². The lowest BCUT2D eigenvalue weighted by atomic mass is 10.1. The fraction of sp³-hybridized carbons (Fsp3) is 0.0952. The summed E-state index contributed by atoms with van der Waals surface area (Å²) in [6.07, 6.45) is 0. The molecular formula is C21H18N2O6S. The van der Waals surface area contributed by atoms with Crippen molar-refractivity contribution < 1.29 is 22.3 Å². The number of nitrogens with one attached hydrogen (secondary N) is 1. The van der Waals surface area contributed by atoms with Gasteiger partial charge in [0.2, 0.25) is 0 Å². The molecule has 0 heterocycles. The van der Waals surface area contributed by atoms with Gasteiger partial charge >= 0.3 is 10.1 Å². The lowest BCUT2D eigenvalue weighted by Crippen LogP contribution is -2.14. The molecule has 0 fully saturated rings. The molecule has 0 radical (unpaired) electrons. The van der Waals surface area contributed by atoms with Crippen LogP contribution in [0, 0.1) is 24.0 Å². The van der Waals surface area contributed by atoms with Gasteiger partial charge in [-0.15, -0.1) is 0 Å². The molecule has 0 aliphatic carbocycles. The van der Waals surface area contributed by atoms with Gasteiger partial charge in [-0.3, -0.25) is 14.9 Å². The number of nitro groups is 1. The van der Waals surface area contributed by atoms with Gasteiger partial charge in [-0.25, -0.2) is 0 Å². The predicted octanol–water partition coefficient (Wildman–Crippen LogP) is 4.23. The Balaban J connectivity index is 1.76. The Hall–Kier alpha value is -3.72. The van der Waals surface area contributed by atoms with Crippen molar-refractivity contribution >= 4 is 27.4 Å². The monoisotopic (exact) mass is 426 g/mol. The summed E-state index contributed by atoms with van der Waals surface area (Å²) in [6, 6.07) is 15.8. The van der Waals surface area contributed by atoms with Crippen molar-refractivity contribution in [2.75, 3.05) is 5.32 Å². The Morgan fingerprint density at radius 3 is 2.17 bits per heavy atom. The van der Waals surface area contributed by atoms with Crippen molar-refractivity contribution in [1.82, 2.24) is 0 Å². The molecule has 0 aromatic heterocycles. The first-order valence-electron chi connectivity index (χ1n) is 8.84. The van der Waals surface area contributed by atoms with Gasteiger partial charge in [-0.1, -0.05) is 24.3 Å². The van der Waals surface area contributed by atoms with E-state index in [1.165, 1.54) is 42.5 Å². The van der Waals surface area contributed by atoms with Crippen LogP contribution in [-0.2, 0) is 10.1 Å². The fourth-order valence-corrected chi connectivity index (χ4v) is 3.76. The van der Waals surface area contributed by atoms with Gasteiger partial charge in [0.15, 0.2) is 0 Å². The first kappa shape index (κ1) is 21.0. The summed E-state index contributed by atoms with van der Waals surface area (Å²) >= 11 is 0. The third-order valence-electron chi connectivity index (χ3n) is 4.36. The fourth-order valence-electron chi connectivity index (χ4n) is 2.79. The summed E-state index contributed by atoms with van der Waals surface area (Å²) in [7, 11) is -4.27. The highest BCUT2D eigenvalue weighted by molar-refractivity contribution is 7.87. The van der Waals surface area contributed by atoms with Crippen LogP contribution in [0.5, 0.6) is 5.75 Å². The van der Waals surface area contributed by atoms with Crippen LogP contribution in [0.3, 0.4) is 0 Å². The summed E-state index contributed by atoms with van der Waals surface area (Å²) in [5, 5.41) is 13.7. The highest BCUT2D eigenvalue weighted by Gasteiger charge is 2.20. The van der Waals surface area contributed by atoms with Crippen LogP contribution in [0.1, 0.15) is 21.5 Å². The van der Waals surface area contributed by atoms with Crippen molar-refractivity contribution in [3.8, 4) is 5.75 Å². The normalized spacial score (nSPS) is 11.0. The molecule has 1 amide bonds. The van der Waals surface area contributed by atoms with Crippen LogP contribution in [0.2, 0.25) is 0 Å². The molecule has 0 aliphatic rings. The second-order valence-electron chi connectivity index (χ2n) is 6.54. The number of rotatable bonds is 6. The highest BCUT2D eigenvalue weighted by atomic mass is 32.2. The summed E-state index contributed by atoms with van der Waals surface area (Å²) in [4.78, 5) is 22.3. The number of para-hydroxylation sites is 1. The standard InChI is InChI=1S/C21H18N2O6S/c1-14-5-3-6-15(2)20(14)22-21(24)16-9-11-18(12-10-16)29-30(27,28)19-8-4-7-17(13-19)23(25)26/h3-13H,1-2H3,(H,22,24). The van der Waals surface area contributed by atoms with E-state index >= 15 is 0 Å². The minimum Gasteiger partial charge on any atom is -0.379 e. The van der Waals surface area contributed by atoms with Gasteiger partial charge < -0.3 is 9.50 Å². The largest absolute Gasteiger partial charge is 0.379 e. The second kappa shape index (κ2) is 8.34. The number of carbonyl (C=O) groups is 1. The van der Waals surface area contributed by atoms with Gasteiger partial charge in [0.1, 0.15) is 10.6 Å². The van der Waals surface area contributed by atoms with E-state index in [0.29, 0.717) is 5.56 Å². The van der Waals surface area contributed by atoms with E-state index in [2.05, 4.69) is 5.32 Å². The molecular weight excluding hydrogens is 408 g/mol. The quantitative estimate of drug-likeness (QED) is 0.358. The number of hydrogen-bond donors (Lipinski definition) is 1. The maximum Gasteiger partial charge on any atom is 0.339 e. The van der Waals surface area contributed by atoms with Crippen molar-refractivity contribution in [1.29, 1.82) is 0 Å². The van der Waals surface area contributed by atoms with Gasteiger partial charge in [0.25, 0.3) is 11.6 Å². The van der Waals surface area contributed by atoms with E-state index in [-0.39, 0.29) is 22.2 Å². The SMILES string of the molecule is Cc1cccc(C)c1NC(=O)c1ccc(OS(=O)(=O)c2cccc([N+](=O)[O-])c2)cc1. The van der Waals surface area contributed by atoms with E-state index in [1.54, 1.807) is 0 Å². The van der Waals surface area contributed by atoms with Crippen molar-refractivity contribution in [3.63, 3.8) is 0 Å². The number of nitro benzene ring substituents is 1. The topological polar surface area (TPSA) is 116 Å². The van der Waals surface area contributed by atoms with Gasteiger partial charge in [0.05, 0.1) is 4.92 Å². The molecule has 3 rings (SSSR count). The Kier molecular flexibility index (Phi) is 5.84. The molecule has 0 saturated carbocycles. The minimum atomic E-state index is -4.27. The third-order valence-corrected chi connectivity index (χ3v) is 5.60. The van der Waals surface area contributed by atoms with Gasteiger partial charge in [0, 0.05) is 23.4 Å². The number of aryl methyl sites for hydroxylation is 2. The minimum absolute atomic E-state index is 0.0230. The zero-order chi connectivity index (χ0) is 21.9. The van der Waals surface area contributed by atoms with Crippen LogP contribution < -0.4 is 9.50 Å². The molecule has 9 heteroatoms. The Morgan fingerprint density at radius 1 is 0.967 bits per heavy atom. The number of carbonyl (C=O) groups excluding carboxylic acids is 1. The Labute approximate surface area is 173 Å². The van der Waals surface area contributed by atoms with Crippen LogP contribution in [-0.4, -0.2) is 19.2 Å². The number of hydrogen-bond acceptors (Lipinski definition) is 6. The molecule has 0 aliphatic heterocycles. The predicted molar refractivity (Wildman–Crippen MR) is 111 cm³/mol. The molecule has 0 saturated heterocycles. The van der Waals surface area contributed by atoms with E-state index in [9.17, 15) is 23.3 Å². The van der Waals surface area contributed by atoms with Crippen LogP contribution >= 0.6 is 0 Å². The van der Waals surface area contributed by atoms with Gasteiger partial charge in [-0.2, -0.15) is 8.42 Å². The molecule has 8 nitrogen and oxygen atoms in total. The van der Waals surface area contributed by atoms with Crippen LogP contribution in [0.4, 0.5) is 11.4 Å². The molecule has 3 aromatic carbocycles. The maximum absolute atomic E-state index is 12.5. The second-order valence-corrected chi connectivity index (χ2v) is 8.08.